The highest BCUT2D eigenvalue weighted by atomic mass is 16.5. The lowest BCUT2D eigenvalue weighted by molar-refractivity contribution is 0.279. The molecule has 0 saturated heterocycles. The molecule has 0 amide bonds. The van der Waals surface area contributed by atoms with Crippen LogP contribution in [0.4, 0.5) is 0 Å². The predicted molar refractivity (Wildman–Crippen MR) is 90.3 cm³/mol. The van der Waals surface area contributed by atoms with E-state index in [1.165, 1.54) is 5.56 Å². The van der Waals surface area contributed by atoms with Crippen LogP contribution in [-0.2, 0) is 13.0 Å². The Kier molecular flexibility index (Phi) is 4.89. The Balaban J connectivity index is 1.74. The van der Waals surface area contributed by atoms with Crippen molar-refractivity contribution >= 4 is 0 Å². The van der Waals surface area contributed by atoms with Crippen molar-refractivity contribution in [3.63, 3.8) is 0 Å². The molecule has 1 aromatic carbocycles. The molecule has 2 aromatic heterocycles. The number of nitrogens with zero attached hydrogens (tertiary/aromatic N) is 1. The van der Waals surface area contributed by atoms with Gasteiger partial charge in [-0.25, -0.2) is 4.98 Å². The van der Waals surface area contributed by atoms with Gasteiger partial charge in [-0.1, -0.05) is 19.4 Å². The van der Waals surface area contributed by atoms with E-state index in [9.17, 15) is 0 Å². The van der Waals surface area contributed by atoms with Gasteiger partial charge in [-0.3, -0.25) is 0 Å². The summed E-state index contributed by atoms with van der Waals surface area (Å²) >= 11 is 0. The number of methoxy groups -OCH3 is 1. The van der Waals surface area contributed by atoms with Crippen molar-refractivity contribution < 1.29 is 18.3 Å². The van der Waals surface area contributed by atoms with E-state index in [1.807, 2.05) is 25.1 Å². The number of hydrogen-bond acceptors (Lipinski definition) is 5. The van der Waals surface area contributed by atoms with Gasteiger partial charge in [0.15, 0.2) is 17.3 Å². The van der Waals surface area contributed by atoms with E-state index in [2.05, 4.69) is 18.0 Å². The molecule has 0 spiro atoms. The van der Waals surface area contributed by atoms with Crippen LogP contribution in [-0.4, -0.2) is 12.1 Å². The lowest BCUT2D eigenvalue weighted by Crippen LogP contribution is -2.00. The van der Waals surface area contributed by atoms with E-state index in [0.29, 0.717) is 29.8 Å². The van der Waals surface area contributed by atoms with Crippen LogP contribution in [0.25, 0.3) is 11.7 Å². The Morgan fingerprint density at radius 2 is 2.04 bits per heavy atom. The second-order valence-corrected chi connectivity index (χ2v) is 5.52. The molecular formula is C19H21NO4. The van der Waals surface area contributed by atoms with E-state index in [-0.39, 0.29) is 0 Å². The molecular weight excluding hydrogens is 306 g/mol. The zero-order valence-electron chi connectivity index (χ0n) is 14.2. The van der Waals surface area contributed by atoms with Crippen LogP contribution in [0.5, 0.6) is 11.5 Å². The molecule has 0 radical (unpaired) electrons. The van der Waals surface area contributed by atoms with Gasteiger partial charge >= 0.3 is 0 Å². The molecule has 0 unspecified atom stereocenters. The van der Waals surface area contributed by atoms with Gasteiger partial charge in [0.05, 0.1) is 13.4 Å². The zero-order chi connectivity index (χ0) is 16.9. The first-order valence-electron chi connectivity index (χ1n) is 8.01. The van der Waals surface area contributed by atoms with Crippen LogP contribution in [0.15, 0.2) is 45.4 Å². The second kappa shape index (κ2) is 7.25. The Morgan fingerprint density at radius 3 is 2.75 bits per heavy atom. The minimum absolute atomic E-state index is 0.305. The maximum atomic E-state index is 5.88. The molecule has 0 fully saturated rings. The smallest absolute Gasteiger partial charge is 0.263 e. The van der Waals surface area contributed by atoms with Gasteiger partial charge in [0, 0.05) is 0 Å². The van der Waals surface area contributed by atoms with Crippen LogP contribution >= 0.6 is 0 Å². The number of ether oxygens (including phenoxy) is 2. The summed E-state index contributed by atoms with van der Waals surface area (Å²) in [6.45, 7) is 4.32. The van der Waals surface area contributed by atoms with Gasteiger partial charge in [0.25, 0.3) is 5.89 Å². The monoisotopic (exact) mass is 327 g/mol. The van der Waals surface area contributed by atoms with Crippen molar-refractivity contribution in [2.45, 2.75) is 33.3 Å². The number of aryl methyl sites for hydroxylation is 2. The molecule has 0 atom stereocenters. The van der Waals surface area contributed by atoms with Crippen LogP contribution in [0.3, 0.4) is 0 Å². The summed E-state index contributed by atoms with van der Waals surface area (Å²) < 4.78 is 22.3. The number of oxazole rings is 1. The molecule has 3 rings (SSSR count). The molecule has 0 N–H and O–H groups in total. The Labute approximate surface area is 141 Å². The lowest BCUT2D eigenvalue weighted by atomic mass is 10.1. The minimum atomic E-state index is 0.305. The normalized spacial score (nSPS) is 10.8. The lowest BCUT2D eigenvalue weighted by Gasteiger charge is -2.11. The Hall–Kier alpha value is -2.69. The first-order valence-corrected chi connectivity index (χ1v) is 8.01. The van der Waals surface area contributed by atoms with Crippen LogP contribution in [0, 0.1) is 6.92 Å². The fourth-order valence-electron chi connectivity index (χ4n) is 2.49. The maximum absolute atomic E-state index is 5.88. The van der Waals surface area contributed by atoms with E-state index in [0.717, 1.165) is 24.3 Å². The minimum Gasteiger partial charge on any atom is -0.493 e. The van der Waals surface area contributed by atoms with Gasteiger partial charge in [-0.05, 0) is 43.2 Å². The molecule has 0 aliphatic carbocycles. The number of aromatic nitrogens is 1. The summed E-state index contributed by atoms with van der Waals surface area (Å²) in [5.41, 5.74) is 1.97. The highest BCUT2D eigenvalue weighted by molar-refractivity contribution is 5.45. The van der Waals surface area contributed by atoms with Gasteiger partial charge in [-0.2, -0.15) is 0 Å². The third-order valence-corrected chi connectivity index (χ3v) is 3.76. The van der Waals surface area contributed by atoms with Crippen LogP contribution in [0.2, 0.25) is 0 Å². The van der Waals surface area contributed by atoms with Gasteiger partial charge in [-0.15, -0.1) is 0 Å². The van der Waals surface area contributed by atoms with Crippen LogP contribution in [0.1, 0.15) is 30.4 Å². The van der Waals surface area contributed by atoms with E-state index >= 15 is 0 Å². The average Bonchev–Trinajstić information content (AvgIpc) is 3.23. The zero-order valence-corrected chi connectivity index (χ0v) is 14.2. The van der Waals surface area contributed by atoms with Crippen molar-refractivity contribution in [2.75, 3.05) is 7.11 Å². The number of furan rings is 1. The third kappa shape index (κ3) is 3.45. The van der Waals surface area contributed by atoms with Gasteiger partial charge in [0.2, 0.25) is 0 Å². The molecule has 0 saturated carbocycles. The molecule has 0 aliphatic rings. The summed E-state index contributed by atoms with van der Waals surface area (Å²) in [6, 6.07) is 9.62. The van der Waals surface area contributed by atoms with E-state index < -0.39 is 0 Å². The molecule has 2 heterocycles. The fourth-order valence-corrected chi connectivity index (χ4v) is 2.49. The molecule has 0 aliphatic heterocycles. The van der Waals surface area contributed by atoms with E-state index in [4.69, 9.17) is 18.3 Å². The van der Waals surface area contributed by atoms with Crippen LogP contribution < -0.4 is 9.47 Å². The highest BCUT2D eigenvalue weighted by Gasteiger charge is 2.15. The number of rotatable bonds is 7. The summed E-state index contributed by atoms with van der Waals surface area (Å²) in [6.07, 6.45) is 3.70. The second-order valence-electron chi connectivity index (χ2n) is 5.52. The number of benzene rings is 1. The maximum Gasteiger partial charge on any atom is 0.263 e. The van der Waals surface area contributed by atoms with Crippen molar-refractivity contribution in [1.29, 1.82) is 0 Å². The summed E-state index contributed by atoms with van der Waals surface area (Å²) in [5, 5.41) is 0. The first-order chi connectivity index (χ1) is 11.7. The Bertz CT molecular complexity index is 790. The average molecular weight is 327 g/mol. The standard InChI is InChI=1S/C19H21NO4/c1-4-6-14-8-9-16(18(11-14)21-3)23-12-15-13(2)24-19(20-15)17-7-5-10-22-17/h5,7-11H,4,6,12H2,1-3H3. The summed E-state index contributed by atoms with van der Waals surface area (Å²) in [5.74, 6) is 3.20. The molecule has 24 heavy (non-hydrogen) atoms. The SMILES string of the molecule is CCCc1ccc(OCc2nc(-c3ccco3)oc2C)c(OC)c1. The largest absolute Gasteiger partial charge is 0.493 e. The summed E-state index contributed by atoms with van der Waals surface area (Å²) in [7, 11) is 1.65. The highest BCUT2D eigenvalue weighted by Crippen LogP contribution is 2.30. The van der Waals surface area contributed by atoms with Crippen molar-refractivity contribution in [1.82, 2.24) is 4.98 Å². The van der Waals surface area contributed by atoms with Crippen molar-refractivity contribution in [3.8, 4) is 23.1 Å². The number of hydrogen-bond donors (Lipinski definition) is 0. The third-order valence-electron chi connectivity index (χ3n) is 3.76. The van der Waals surface area contributed by atoms with E-state index in [1.54, 1.807) is 19.4 Å². The van der Waals surface area contributed by atoms with Crippen molar-refractivity contribution in [3.05, 3.63) is 53.6 Å². The molecule has 0 bridgehead atoms. The topological polar surface area (TPSA) is 57.6 Å². The summed E-state index contributed by atoms with van der Waals surface area (Å²) in [4.78, 5) is 4.44. The van der Waals surface area contributed by atoms with Gasteiger partial charge in [0.1, 0.15) is 18.1 Å². The quantitative estimate of drug-likeness (QED) is 0.625. The fraction of sp³-hybridized carbons (Fsp3) is 0.316. The molecule has 3 aromatic rings. The molecule has 126 valence electrons. The van der Waals surface area contributed by atoms with Gasteiger partial charge < -0.3 is 18.3 Å². The predicted octanol–water partition coefficient (Wildman–Crippen LogP) is 4.78. The Morgan fingerprint density at radius 1 is 1.17 bits per heavy atom. The molecule has 5 nitrogen and oxygen atoms in total. The molecule has 5 heteroatoms. The van der Waals surface area contributed by atoms with Crippen molar-refractivity contribution in [2.24, 2.45) is 0 Å². The first kappa shape index (κ1) is 16.2.